The van der Waals surface area contributed by atoms with Gasteiger partial charge in [-0.25, -0.2) is 0 Å². The summed E-state index contributed by atoms with van der Waals surface area (Å²) >= 11 is 0. The molecule has 10 rings (SSSR count). The number of nitrogens with zero attached hydrogens (tertiary/aromatic N) is 1. The highest BCUT2D eigenvalue weighted by Crippen LogP contribution is 2.80. The van der Waals surface area contributed by atoms with Crippen LogP contribution in [0, 0.1) is 111 Å². The van der Waals surface area contributed by atoms with Crippen LogP contribution in [-0.2, 0) is 0 Å². The summed E-state index contributed by atoms with van der Waals surface area (Å²) in [7, 11) is 1.77. The summed E-state index contributed by atoms with van der Waals surface area (Å²) in [6, 6.07) is 0. The molecule has 210 valence electrons. The van der Waals surface area contributed by atoms with E-state index in [2.05, 4.69) is 0 Å². The van der Waals surface area contributed by atoms with E-state index in [1.54, 1.807) is 90.5 Å². The van der Waals surface area contributed by atoms with Gasteiger partial charge in [0.25, 0.3) is 0 Å². The minimum absolute atomic E-state index is 0.613. The minimum Gasteiger partial charge on any atom is -0.785 e. The second-order valence-electron chi connectivity index (χ2n) is 17.7. The van der Waals surface area contributed by atoms with E-state index in [9.17, 15) is 5.21 Å². The Balaban J connectivity index is 1.14. The van der Waals surface area contributed by atoms with Crippen LogP contribution < -0.4 is 0 Å². The average Bonchev–Trinajstić information content (AvgIpc) is 2.94. The lowest BCUT2D eigenvalue weighted by Gasteiger charge is -2.79. The molecular weight excluding hydrogens is 462 g/mol. The van der Waals surface area contributed by atoms with Gasteiger partial charge in [0.05, 0.1) is 0 Å². The summed E-state index contributed by atoms with van der Waals surface area (Å²) in [4.78, 5) is 0. The topological polar surface area (TPSA) is 26.3 Å². The van der Waals surface area contributed by atoms with Crippen LogP contribution in [0.3, 0.4) is 0 Å². The molecule has 0 aliphatic heterocycles. The van der Waals surface area contributed by atoms with Gasteiger partial charge in [-0.05, 0) is 222 Å². The molecule has 38 heavy (non-hydrogen) atoms. The van der Waals surface area contributed by atoms with Gasteiger partial charge in [-0.15, -0.1) is 0 Å². The summed E-state index contributed by atoms with van der Waals surface area (Å²) < 4.78 is 0. The molecule has 0 bridgehead atoms. The number of hydroxylamine groups is 2. The second-order valence-corrected chi connectivity index (χ2v) is 17.7. The van der Waals surface area contributed by atoms with Crippen LogP contribution >= 0.6 is 0 Å². The predicted octanol–water partition coefficient (Wildman–Crippen LogP) is 8.26. The minimum atomic E-state index is 0.613. The summed E-state index contributed by atoms with van der Waals surface area (Å²) in [6.07, 6.45) is 25.0. The van der Waals surface area contributed by atoms with Gasteiger partial charge in [-0.2, -0.15) is 0 Å². The highest BCUT2D eigenvalue weighted by molar-refractivity contribution is 5.22. The van der Waals surface area contributed by atoms with E-state index in [1.165, 1.54) is 30.2 Å². The smallest absolute Gasteiger partial charge is 0.0146 e. The first-order valence-corrected chi connectivity index (χ1v) is 18.0. The first-order chi connectivity index (χ1) is 18.6. The van der Waals surface area contributed by atoms with Crippen LogP contribution in [0.15, 0.2) is 0 Å². The van der Waals surface area contributed by atoms with Gasteiger partial charge < -0.3 is 10.3 Å². The first kappa shape index (κ1) is 23.5. The highest BCUT2D eigenvalue weighted by Gasteiger charge is 2.74. The zero-order valence-electron chi connectivity index (χ0n) is 24.2. The molecule has 10 fully saturated rings. The fourth-order valence-corrected chi connectivity index (χ4v) is 17.2. The van der Waals surface area contributed by atoms with Crippen molar-refractivity contribution in [3.05, 3.63) is 5.21 Å². The average molecular weight is 517 g/mol. The molecule has 0 aromatic heterocycles. The van der Waals surface area contributed by atoms with Gasteiger partial charge in [0.2, 0.25) is 0 Å². The van der Waals surface area contributed by atoms with E-state index < -0.39 is 0 Å². The Hall–Kier alpha value is -0.0800. The SMILES string of the molecule is CN([O-])CCCC12CCC3CCC4CC5CCC6CCC7CCC8CC(CC1)C1C9C8C7C6C5C9C4C3C12. The third kappa shape index (κ3) is 2.81. The predicted molar refractivity (Wildman–Crippen MR) is 152 cm³/mol. The molecule has 10 aliphatic carbocycles. The van der Waals surface area contributed by atoms with Crippen LogP contribution in [0.4, 0.5) is 0 Å². The molecule has 10 aliphatic rings. The van der Waals surface area contributed by atoms with Crippen molar-refractivity contribution in [1.82, 2.24) is 5.06 Å². The molecule has 0 N–H and O–H groups in total. The summed E-state index contributed by atoms with van der Waals surface area (Å²) in [5.74, 6) is 19.1. The van der Waals surface area contributed by atoms with Gasteiger partial charge in [-0.3, -0.25) is 0 Å². The Morgan fingerprint density at radius 3 is 1.50 bits per heavy atom. The van der Waals surface area contributed by atoms with Gasteiger partial charge in [0, 0.05) is 0 Å². The molecule has 10 saturated carbocycles. The van der Waals surface area contributed by atoms with E-state index >= 15 is 0 Å². The van der Waals surface area contributed by atoms with Crippen molar-refractivity contribution in [2.45, 2.75) is 103 Å². The maximum absolute atomic E-state index is 12.0. The van der Waals surface area contributed by atoms with Crippen LogP contribution in [0.5, 0.6) is 0 Å². The number of hydrogen-bond donors (Lipinski definition) is 0. The van der Waals surface area contributed by atoms with Gasteiger partial charge >= 0.3 is 0 Å². The Labute approximate surface area is 232 Å². The second kappa shape index (κ2) is 8.05. The van der Waals surface area contributed by atoms with Gasteiger partial charge in [0.15, 0.2) is 0 Å². The van der Waals surface area contributed by atoms with Crippen molar-refractivity contribution < 1.29 is 0 Å². The van der Waals surface area contributed by atoms with Crippen LogP contribution in [0.2, 0.25) is 0 Å². The van der Waals surface area contributed by atoms with E-state index in [-0.39, 0.29) is 0 Å². The van der Waals surface area contributed by atoms with E-state index in [4.69, 9.17) is 0 Å². The summed E-state index contributed by atoms with van der Waals surface area (Å²) in [5, 5.41) is 13.2. The van der Waals surface area contributed by atoms with Gasteiger partial charge in [0.1, 0.15) is 0 Å². The largest absolute Gasteiger partial charge is 0.785 e. The third-order valence-corrected chi connectivity index (χ3v) is 17.4. The molecule has 0 radical (unpaired) electrons. The molecule has 0 saturated heterocycles. The first-order valence-electron chi connectivity index (χ1n) is 18.0. The maximum Gasteiger partial charge on any atom is -0.0146 e. The summed E-state index contributed by atoms with van der Waals surface area (Å²) in [6.45, 7) is 0.774. The molecule has 2 heteroatoms. The molecule has 0 amide bonds. The highest BCUT2D eigenvalue weighted by atomic mass is 16.5. The lowest BCUT2D eigenvalue weighted by Crippen LogP contribution is -2.73. The molecule has 2 nitrogen and oxygen atoms in total. The van der Waals surface area contributed by atoms with Crippen molar-refractivity contribution in [3.63, 3.8) is 0 Å². The fourth-order valence-electron chi connectivity index (χ4n) is 17.2. The quantitative estimate of drug-likeness (QED) is 0.352. The Morgan fingerprint density at radius 1 is 0.526 bits per heavy atom. The zero-order valence-corrected chi connectivity index (χ0v) is 24.2. The van der Waals surface area contributed by atoms with Crippen molar-refractivity contribution >= 4 is 0 Å². The molecule has 0 heterocycles. The standard InChI is InChI=1S/C36H54NO/c1-37(38)16-2-13-36-14-11-21-7-10-24-17-22-8-5-19-3-4-20-6-9-23-18-25(12-15-36)32-34-29(23)27(20)26(19)28(22)33(34)30(24)31(21)35(32)36/h19-35H,2-18H2,1H3/q-1. The van der Waals surface area contributed by atoms with E-state index in [1.807, 2.05) is 0 Å². The van der Waals surface area contributed by atoms with Crippen LogP contribution in [-0.4, -0.2) is 18.7 Å². The maximum atomic E-state index is 12.0. The van der Waals surface area contributed by atoms with Crippen molar-refractivity contribution in [2.24, 2.45) is 106 Å². The molecule has 0 spiro atoms. The summed E-state index contributed by atoms with van der Waals surface area (Å²) in [5.41, 5.74) is 0.613. The molecule has 0 aromatic rings. The molecule has 0 aromatic carbocycles. The van der Waals surface area contributed by atoms with Crippen molar-refractivity contribution in [3.8, 4) is 0 Å². The zero-order chi connectivity index (χ0) is 24.9. The number of rotatable bonds is 4. The van der Waals surface area contributed by atoms with E-state index in [0.717, 1.165) is 101 Å². The van der Waals surface area contributed by atoms with Crippen LogP contribution in [0.25, 0.3) is 0 Å². The molecule has 18 unspecified atom stereocenters. The Bertz CT molecular complexity index is 976. The lowest BCUT2D eigenvalue weighted by atomic mass is 9.26. The van der Waals surface area contributed by atoms with Crippen molar-refractivity contribution in [2.75, 3.05) is 13.6 Å². The fraction of sp³-hybridized carbons (Fsp3) is 1.00. The third-order valence-electron chi connectivity index (χ3n) is 17.4. The van der Waals surface area contributed by atoms with Crippen LogP contribution in [0.1, 0.15) is 103 Å². The Morgan fingerprint density at radius 2 is 0.921 bits per heavy atom. The van der Waals surface area contributed by atoms with Gasteiger partial charge in [-0.1, -0.05) is 0 Å². The molecule has 18 atom stereocenters. The normalized spacial score (nSPS) is 64.0. The van der Waals surface area contributed by atoms with Crippen molar-refractivity contribution in [1.29, 1.82) is 0 Å². The lowest BCUT2D eigenvalue weighted by molar-refractivity contribution is -0.310. The Kier molecular flexibility index (Phi) is 4.97. The van der Waals surface area contributed by atoms with E-state index in [0.29, 0.717) is 5.41 Å². The monoisotopic (exact) mass is 516 g/mol. The number of hydrogen-bond acceptors (Lipinski definition) is 2. The molecular formula is C36H54NO-.